The Hall–Kier alpha value is -2.69. The first-order valence-corrected chi connectivity index (χ1v) is 22.5. The lowest BCUT2D eigenvalue weighted by Gasteiger charge is -2.19. The van der Waals surface area contributed by atoms with Crippen molar-refractivity contribution >= 4 is 5.91 Å². The van der Waals surface area contributed by atoms with Crippen LogP contribution in [0.25, 0.3) is 0 Å². The van der Waals surface area contributed by atoms with Gasteiger partial charge in [-0.2, -0.15) is 0 Å². The molecule has 308 valence electrons. The second-order valence-electron chi connectivity index (χ2n) is 14.7. The molecule has 0 heterocycles. The van der Waals surface area contributed by atoms with E-state index in [0.29, 0.717) is 6.42 Å². The van der Waals surface area contributed by atoms with Gasteiger partial charge >= 0.3 is 0 Å². The van der Waals surface area contributed by atoms with Crippen LogP contribution in [-0.4, -0.2) is 34.9 Å². The number of rotatable bonds is 39. The van der Waals surface area contributed by atoms with Crippen molar-refractivity contribution in [2.24, 2.45) is 0 Å². The summed E-state index contributed by atoms with van der Waals surface area (Å²) in [7, 11) is 0. The van der Waals surface area contributed by atoms with Crippen LogP contribution in [0.2, 0.25) is 0 Å². The molecule has 1 amide bonds. The minimum atomic E-state index is -0.871. The Morgan fingerprint density at radius 1 is 0.463 bits per heavy atom. The minimum Gasteiger partial charge on any atom is -0.394 e. The van der Waals surface area contributed by atoms with Crippen molar-refractivity contribution in [3.8, 4) is 0 Å². The molecule has 0 aromatic rings. The Bertz CT molecular complexity index is 1030. The standard InChI is InChI=1S/C50H85NO3/c1-3-5-7-9-11-13-15-17-19-20-21-22-23-24-25-26-27-28-29-30-32-34-36-38-40-42-44-46-50(54)51-48(47-52)49(53)45-43-41-39-37-35-33-31-18-16-14-12-10-8-6-4-2/h5,7,11,13,17,19,21-22,24-25,27-28,35,37,43,45,48-49,52-53H,3-4,6,8-10,12,14-16,18,20,23,26,29-34,36,38-42,44,46-47H2,1-2H3,(H,51,54)/b7-5-,13-11-,19-17-,22-21-,25-24-,28-27-,37-35+,45-43+. The van der Waals surface area contributed by atoms with E-state index in [2.05, 4.69) is 104 Å². The second-order valence-corrected chi connectivity index (χ2v) is 14.7. The molecule has 2 atom stereocenters. The number of aliphatic hydroxyl groups is 2. The fraction of sp³-hybridized carbons (Fsp3) is 0.660. The molecule has 0 aromatic carbocycles. The molecule has 0 aliphatic heterocycles. The fourth-order valence-corrected chi connectivity index (χ4v) is 6.14. The number of allylic oxidation sites excluding steroid dienone is 15. The molecule has 0 fully saturated rings. The normalized spacial score (nSPS) is 13.9. The Morgan fingerprint density at radius 2 is 0.833 bits per heavy atom. The molecule has 0 aromatic heterocycles. The molecule has 0 saturated carbocycles. The molecule has 4 heteroatoms. The molecule has 54 heavy (non-hydrogen) atoms. The zero-order valence-electron chi connectivity index (χ0n) is 35.2. The van der Waals surface area contributed by atoms with Crippen LogP contribution in [0.5, 0.6) is 0 Å². The van der Waals surface area contributed by atoms with Gasteiger partial charge in [-0.1, -0.05) is 201 Å². The van der Waals surface area contributed by atoms with E-state index in [1.165, 1.54) is 89.9 Å². The van der Waals surface area contributed by atoms with Gasteiger partial charge in [-0.25, -0.2) is 0 Å². The largest absolute Gasteiger partial charge is 0.394 e. The molecule has 0 rings (SSSR count). The number of unbranched alkanes of at least 4 members (excludes halogenated alkanes) is 18. The molecule has 4 nitrogen and oxygen atoms in total. The van der Waals surface area contributed by atoms with Gasteiger partial charge in [-0.05, 0) is 83.5 Å². The van der Waals surface area contributed by atoms with Crippen molar-refractivity contribution in [1.82, 2.24) is 5.32 Å². The predicted octanol–water partition coefficient (Wildman–Crippen LogP) is 14.2. The van der Waals surface area contributed by atoms with E-state index >= 15 is 0 Å². The third-order valence-electron chi connectivity index (χ3n) is 9.55. The van der Waals surface area contributed by atoms with Crippen molar-refractivity contribution in [3.05, 3.63) is 97.2 Å². The minimum absolute atomic E-state index is 0.0877. The molecule has 2 unspecified atom stereocenters. The first-order valence-electron chi connectivity index (χ1n) is 22.5. The van der Waals surface area contributed by atoms with Crippen LogP contribution in [0.1, 0.15) is 194 Å². The van der Waals surface area contributed by atoms with Crippen molar-refractivity contribution in [2.75, 3.05) is 6.61 Å². The molecule has 0 spiro atoms. The summed E-state index contributed by atoms with van der Waals surface area (Å²) in [4.78, 5) is 12.4. The number of nitrogens with one attached hydrogen (secondary N) is 1. The van der Waals surface area contributed by atoms with Crippen molar-refractivity contribution in [1.29, 1.82) is 0 Å². The van der Waals surface area contributed by atoms with Crippen LogP contribution in [-0.2, 0) is 4.79 Å². The van der Waals surface area contributed by atoms with Gasteiger partial charge in [0.05, 0.1) is 18.8 Å². The smallest absolute Gasteiger partial charge is 0.220 e. The summed E-state index contributed by atoms with van der Waals surface area (Å²) in [5.41, 5.74) is 0. The van der Waals surface area contributed by atoms with E-state index in [4.69, 9.17) is 0 Å². The number of hydrogen-bond donors (Lipinski definition) is 3. The van der Waals surface area contributed by atoms with Gasteiger partial charge in [0.25, 0.3) is 0 Å². The van der Waals surface area contributed by atoms with Crippen LogP contribution in [0.4, 0.5) is 0 Å². The summed E-state index contributed by atoms with van der Waals surface area (Å²) in [5, 5.41) is 23.0. The molecular weight excluding hydrogens is 663 g/mol. The lowest BCUT2D eigenvalue weighted by Crippen LogP contribution is -2.45. The van der Waals surface area contributed by atoms with Crippen LogP contribution in [0.3, 0.4) is 0 Å². The van der Waals surface area contributed by atoms with E-state index in [0.717, 1.165) is 83.5 Å². The molecular formula is C50H85NO3. The van der Waals surface area contributed by atoms with Crippen LogP contribution >= 0.6 is 0 Å². The Balaban J connectivity index is 3.67. The van der Waals surface area contributed by atoms with Crippen molar-refractivity contribution in [3.63, 3.8) is 0 Å². The van der Waals surface area contributed by atoms with Gasteiger partial charge in [0.2, 0.25) is 5.91 Å². The highest BCUT2D eigenvalue weighted by atomic mass is 16.3. The summed E-state index contributed by atoms with van der Waals surface area (Å²) in [6, 6.07) is -0.649. The lowest BCUT2D eigenvalue weighted by molar-refractivity contribution is -0.123. The summed E-state index contributed by atoms with van der Waals surface area (Å²) >= 11 is 0. The van der Waals surface area contributed by atoms with Gasteiger partial charge in [0.1, 0.15) is 0 Å². The van der Waals surface area contributed by atoms with E-state index in [1.807, 2.05) is 6.08 Å². The predicted molar refractivity (Wildman–Crippen MR) is 239 cm³/mol. The Kier molecular flexibility index (Phi) is 42.5. The van der Waals surface area contributed by atoms with Crippen LogP contribution < -0.4 is 5.32 Å². The number of carbonyl (C=O) groups is 1. The topological polar surface area (TPSA) is 69.6 Å². The molecule has 0 saturated heterocycles. The summed E-state index contributed by atoms with van der Waals surface area (Å²) in [6.07, 6.45) is 66.5. The number of carbonyl (C=O) groups excluding carboxylic acids is 1. The van der Waals surface area contributed by atoms with Crippen molar-refractivity contribution in [2.45, 2.75) is 206 Å². The average Bonchev–Trinajstić information content (AvgIpc) is 3.18. The van der Waals surface area contributed by atoms with E-state index < -0.39 is 12.1 Å². The van der Waals surface area contributed by atoms with Gasteiger partial charge in [-0.3, -0.25) is 4.79 Å². The van der Waals surface area contributed by atoms with E-state index in [-0.39, 0.29) is 12.5 Å². The zero-order valence-corrected chi connectivity index (χ0v) is 35.2. The Morgan fingerprint density at radius 3 is 1.30 bits per heavy atom. The summed E-state index contributed by atoms with van der Waals surface area (Å²) in [5.74, 6) is -0.0877. The second kappa shape index (κ2) is 44.7. The quantitative estimate of drug-likeness (QED) is 0.0433. The molecule has 0 radical (unpaired) electrons. The molecule has 0 aliphatic carbocycles. The Labute approximate surface area is 334 Å². The van der Waals surface area contributed by atoms with E-state index in [1.54, 1.807) is 6.08 Å². The van der Waals surface area contributed by atoms with Crippen molar-refractivity contribution < 1.29 is 15.0 Å². The fourth-order valence-electron chi connectivity index (χ4n) is 6.14. The average molecular weight is 748 g/mol. The van der Waals surface area contributed by atoms with Crippen LogP contribution in [0.15, 0.2) is 97.2 Å². The maximum absolute atomic E-state index is 12.4. The first-order chi connectivity index (χ1) is 26.7. The SMILES string of the molecule is CC/C=C\C/C=C\C/C=C\C/C=C\C/C=C\C/C=C\CCCCCCCCCCC(=O)NC(CO)C(O)/C=C/CC/C=C/CCCCCCCCCCC. The molecule has 0 bridgehead atoms. The van der Waals surface area contributed by atoms with E-state index in [9.17, 15) is 15.0 Å². The summed E-state index contributed by atoms with van der Waals surface area (Å²) < 4.78 is 0. The first kappa shape index (κ1) is 51.3. The lowest BCUT2D eigenvalue weighted by atomic mass is 10.1. The third-order valence-corrected chi connectivity index (χ3v) is 9.55. The third kappa shape index (κ3) is 40.5. The maximum Gasteiger partial charge on any atom is 0.220 e. The van der Waals surface area contributed by atoms with Gasteiger partial charge in [0.15, 0.2) is 0 Å². The highest BCUT2D eigenvalue weighted by molar-refractivity contribution is 5.76. The zero-order chi connectivity index (χ0) is 39.3. The highest BCUT2D eigenvalue weighted by Crippen LogP contribution is 2.13. The van der Waals surface area contributed by atoms with Gasteiger partial charge in [-0.15, -0.1) is 0 Å². The van der Waals surface area contributed by atoms with Crippen LogP contribution in [0, 0.1) is 0 Å². The summed E-state index contributed by atoms with van der Waals surface area (Å²) in [6.45, 7) is 4.16. The molecule has 0 aliphatic rings. The highest BCUT2D eigenvalue weighted by Gasteiger charge is 2.17. The van der Waals surface area contributed by atoms with Gasteiger partial charge < -0.3 is 15.5 Å². The van der Waals surface area contributed by atoms with Gasteiger partial charge in [0, 0.05) is 6.42 Å². The number of hydrogen-bond acceptors (Lipinski definition) is 3. The number of aliphatic hydroxyl groups excluding tert-OH is 2. The monoisotopic (exact) mass is 748 g/mol. The maximum atomic E-state index is 12.4. The molecule has 3 N–H and O–H groups in total. The number of amides is 1.